The van der Waals surface area contributed by atoms with Crippen LogP contribution >= 0.6 is 0 Å². The van der Waals surface area contributed by atoms with Crippen molar-refractivity contribution in [1.82, 2.24) is 10.2 Å². The van der Waals surface area contributed by atoms with Crippen molar-refractivity contribution in [2.24, 2.45) is 0 Å². The van der Waals surface area contributed by atoms with Gasteiger partial charge >= 0.3 is 6.01 Å². The van der Waals surface area contributed by atoms with Crippen molar-refractivity contribution < 1.29 is 24.0 Å². The van der Waals surface area contributed by atoms with Gasteiger partial charge in [0.15, 0.2) is 0 Å². The number of nitro benzene ring substituents is 1. The Labute approximate surface area is 185 Å². The summed E-state index contributed by atoms with van der Waals surface area (Å²) in [5.74, 6) is -1.35. The number of nitro groups is 1. The van der Waals surface area contributed by atoms with Crippen LogP contribution in [0.5, 0.6) is 5.75 Å². The zero-order valence-electron chi connectivity index (χ0n) is 16.8. The Bertz CT molecular complexity index is 1350. The van der Waals surface area contributed by atoms with Crippen LogP contribution in [0.3, 0.4) is 0 Å². The molecular weight excluding hydrogens is 430 g/mol. The van der Waals surface area contributed by atoms with Crippen molar-refractivity contribution in [2.75, 3.05) is 10.6 Å². The lowest BCUT2D eigenvalue weighted by atomic mass is 10.1. The fourth-order valence-corrected chi connectivity index (χ4v) is 2.93. The van der Waals surface area contributed by atoms with Gasteiger partial charge in [0.1, 0.15) is 5.75 Å². The number of phenols is 1. The van der Waals surface area contributed by atoms with Crippen molar-refractivity contribution in [1.29, 1.82) is 0 Å². The van der Waals surface area contributed by atoms with Gasteiger partial charge in [-0.3, -0.25) is 25.0 Å². The normalized spacial score (nSPS) is 10.4. The molecule has 0 bridgehead atoms. The topological polar surface area (TPSA) is 160 Å². The van der Waals surface area contributed by atoms with E-state index in [4.69, 9.17) is 4.42 Å². The van der Waals surface area contributed by atoms with Crippen molar-refractivity contribution in [2.45, 2.75) is 0 Å². The highest BCUT2D eigenvalue weighted by atomic mass is 16.6. The van der Waals surface area contributed by atoms with Crippen molar-refractivity contribution in [3.05, 3.63) is 94.0 Å². The first kappa shape index (κ1) is 21.2. The standard InChI is InChI=1S/C22H15N5O6/c28-18-8-4-2-6-16(18)20(30)23-17-7-3-1-5-15(17)19(29)24-22-26-25-21(33-22)13-9-11-14(12-10-13)27(31)32/h1-12,28H,(H,23,30)(H,24,26,29). The number of nitrogens with zero attached hydrogens (tertiary/aromatic N) is 3. The summed E-state index contributed by atoms with van der Waals surface area (Å²) in [4.78, 5) is 35.5. The predicted molar refractivity (Wildman–Crippen MR) is 117 cm³/mol. The van der Waals surface area contributed by atoms with E-state index >= 15 is 0 Å². The van der Waals surface area contributed by atoms with Gasteiger partial charge in [-0.1, -0.05) is 29.4 Å². The van der Waals surface area contributed by atoms with Gasteiger partial charge in [0.2, 0.25) is 5.89 Å². The minimum atomic E-state index is -0.623. The summed E-state index contributed by atoms with van der Waals surface area (Å²) in [6, 6.07) is 17.6. The lowest BCUT2D eigenvalue weighted by Crippen LogP contribution is -2.18. The minimum absolute atomic E-state index is 0.0531. The van der Waals surface area contributed by atoms with E-state index in [1.54, 1.807) is 24.3 Å². The molecule has 11 heteroatoms. The minimum Gasteiger partial charge on any atom is -0.507 e. The maximum atomic E-state index is 12.8. The van der Waals surface area contributed by atoms with E-state index in [1.165, 1.54) is 48.5 Å². The highest BCUT2D eigenvalue weighted by Crippen LogP contribution is 2.24. The fraction of sp³-hybridized carbons (Fsp3) is 0. The van der Waals surface area contributed by atoms with Gasteiger partial charge in [-0.05, 0) is 36.4 Å². The predicted octanol–water partition coefficient (Wildman–Crippen LogP) is 3.86. The second-order valence-corrected chi connectivity index (χ2v) is 6.69. The van der Waals surface area contributed by atoms with Gasteiger partial charge in [-0.15, -0.1) is 5.10 Å². The Hall–Kier alpha value is -5.06. The Morgan fingerprint density at radius 3 is 2.18 bits per heavy atom. The Kier molecular flexibility index (Phi) is 5.76. The number of carbonyl (C=O) groups excluding carboxylic acids is 2. The first-order valence-corrected chi connectivity index (χ1v) is 9.50. The number of aromatic hydroxyl groups is 1. The van der Waals surface area contributed by atoms with Crippen LogP contribution in [0.25, 0.3) is 11.5 Å². The number of non-ortho nitro benzene ring substituents is 1. The molecule has 0 saturated heterocycles. The fourth-order valence-electron chi connectivity index (χ4n) is 2.93. The molecule has 4 rings (SSSR count). The molecule has 4 aromatic rings. The van der Waals surface area contributed by atoms with Crippen molar-refractivity contribution in [3.63, 3.8) is 0 Å². The number of para-hydroxylation sites is 2. The molecule has 0 unspecified atom stereocenters. The molecule has 164 valence electrons. The number of phenolic OH excluding ortho intramolecular Hbond substituents is 1. The Morgan fingerprint density at radius 1 is 0.848 bits per heavy atom. The quantitative estimate of drug-likeness (QED) is 0.298. The van der Waals surface area contributed by atoms with Gasteiger partial charge in [-0.2, -0.15) is 0 Å². The van der Waals surface area contributed by atoms with Gasteiger partial charge in [0.05, 0.1) is 21.7 Å². The molecule has 2 amide bonds. The summed E-state index contributed by atoms with van der Waals surface area (Å²) in [5.41, 5.74) is 0.727. The Morgan fingerprint density at radius 2 is 1.48 bits per heavy atom. The molecule has 3 aromatic carbocycles. The third-order valence-corrected chi connectivity index (χ3v) is 4.54. The first-order chi connectivity index (χ1) is 15.9. The highest BCUT2D eigenvalue weighted by Gasteiger charge is 2.18. The largest absolute Gasteiger partial charge is 0.507 e. The summed E-state index contributed by atoms with van der Waals surface area (Å²) in [6.45, 7) is 0. The van der Waals surface area contributed by atoms with E-state index in [0.29, 0.717) is 5.56 Å². The van der Waals surface area contributed by atoms with E-state index < -0.39 is 16.7 Å². The summed E-state index contributed by atoms with van der Waals surface area (Å²) in [6.07, 6.45) is 0. The van der Waals surface area contributed by atoms with E-state index in [-0.39, 0.29) is 40.2 Å². The van der Waals surface area contributed by atoms with Crippen molar-refractivity contribution >= 4 is 29.2 Å². The highest BCUT2D eigenvalue weighted by molar-refractivity contribution is 6.12. The van der Waals surface area contributed by atoms with E-state index in [2.05, 4.69) is 20.8 Å². The monoisotopic (exact) mass is 445 g/mol. The van der Waals surface area contributed by atoms with Crippen LogP contribution in [0.4, 0.5) is 17.4 Å². The number of aromatic nitrogens is 2. The van der Waals surface area contributed by atoms with Gasteiger partial charge in [0.25, 0.3) is 17.5 Å². The zero-order chi connectivity index (χ0) is 23.4. The molecule has 0 aliphatic rings. The van der Waals surface area contributed by atoms with Crippen LogP contribution in [0.2, 0.25) is 0 Å². The van der Waals surface area contributed by atoms with Crippen LogP contribution in [0.1, 0.15) is 20.7 Å². The number of hydrogen-bond acceptors (Lipinski definition) is 8. The van der Waals surface area contributed by atoms with Crippen LogP contribution in [-0.2, 0) is 0 Å². The smallest absolute Gasteiger partial charge is 0.322 e. The maximum Gasteiger partial charge on any atom is 0.322 e. The third-order valence-electron chi connectivity index (χ3n) is 4.54. The SMILES string of the molecule is O=C(Nc1ccccc1C(=O)Nc1nnc(-c2ccc([N+](=O)[O-])cc2)o1)c1ccccc1O. The molecule has 0 radical (unpaired) electrons. The van der Waals surface area contributed by atoms with Crippen LogP contribution in [0, 0.1) is 10.1 Å². The average molecular weight is 445 g/mol. The first-order valence-electron chi connectivity index (χ1n) is 9.50. The van der Waals surface area contributed by atoms with Crippen molar-refractivity contribution in [3.8, 4) is 17.2 Å². The summed E-state index contributed by atoms with van der Waals surface area (Å²) in [5, 5.41) is 33.3. The molecule has 1 aromatic heterocycles. The van der Waals surface area contributed by atoms with Crippen LogP contribution in [-0.4, -0.2) is 32.0 Å². The molecule has 11 nitrogen and oxygen atoms in total. The summed E-state index contributed by atoms with van der Waals surface area (Å²) < 4.78 is 5.42. The van der Waals surface area contributed by atoms with Gasteiger partial charge in [-0.25, -0.2) is 0 Å². The number of carbonyl (C=O) groups is 2. The lowest BCUT2D eigenvalue weighted by Gasteiger charge is -2.11. The lowest BCUT2D eigenvalue weighted by molar-refractivity contribution is -0.384. The number of nitrogens with one attached hydrogen (secondary N) is 2. The summed E-state index contributed by atoms with van der Waals surface area (Å²) in [7, 11) is 0. The molecule has 1 heterocycles. The third kappa shape index (κ3) is 4.66. The van der Waals surface area contributed by atoms with E-state index in [1.807, 2.05) is 0 Å². The number of anilines is 2. The number of benzene rings is 3. The van der Waals surface area contributed by atoms with Crippen LogP contribution < -0.4 is 10.6 Å². The molecule has 0 aliphatic carbocycles. The van der Waals surface area contributed by atoms with Gasteiger partial charge < -0.3 is 14.8 Å². The van der Waals surface area contributed by atoms with E-state index in [0.717, 1.165) is 0 Å². The number of rotatable bonds is 6. The molecular formula is C22H15N5O6. The van der Waals surface area contributed by atoms with Crippen LogP contribution in [0.15, 0.2) is 77.2 Å². The van der Waals surface area contributed by atoms with Gasteiger partial charge in [0, 0.05) is 17.7 Å². The van der Waals surface area contributed by atoms with E-state index in [9.17, 15) is 24.8 Å². The molecule has 0 atom stereocenters. The maximum absolute atomic E-state index is 12.8. The molecule has 0 saturated carbocycles. The summed E-state index contributed by atoms with van der Waals surface area (Å²) >= 11 is 0. The molecule has 0 fully saturated rings. The Balaban J connectivity index is 1.50. The second kappa shape index (κ2) is 8.98. The molecule has 0 aliphatic heterocycles. The average Bonchev–Trinajstić information content (AvgIpc) is 3.28. The molecule has 0 spiro atoms. The second-order valence-electron chi connectivity index (χ2n) is 6.69. The number of amides is 2. The molecule has 3 N–H and O–H groups in total. The molecule has 33 heavy (non-hydrogen) atoms. The zero-order valence-corrected chi connectivity index (χ0v) is 16.8. The number of hydrogen-bond donors (Lipinski definition) is 3.